The number of hydrogen-bond donors (Lipinski definition) is 3. The van der Waals surface area contributed by atoms with Crippen molar-refractivity contribution < 1.29 is 67.4 Å². The monoisotopic (exact) mass is 1060 g/mol. The van der Waals surface area contributed by atoms with Gasteiger partial charge in [-0.1, -0.05) is 71.1 Å². The number of amides is 2. The highest BCUT2D eigenvalue weighted by atomic mass is 16.6. The van der Waals surface area contributed by atoms with Crippen LogP contribution in [0.25, 0.3) is 0 Å². The smallest absolute Gasteiger partial charge is 0.329 e. The number of Topliss-reactive ketones (excluding diaryl/α,β-unsaturated/α-hetero) is 3. The molecule has 0 spiro atoms. The Morgan fingerprint density at radius 2 is 1.67 bits per heavy atom. The zero-order chi connectivity index (χ0) is 55.7. The van der Waals surface area contributed by atoms with Gasteiger partial charge in [-0.3, -0.25) is 29.0 Å². The minimum atomic E-state index is -2.45. The molecule has 1 saturated carbocycles. The molecule has 4 aliphatic rings. The maximum atomic E-state index is 14.6. The number of nitrogens with zero attached hydrogens (tertiary/aromatic N) is 2. The van der Waals surface area contributed by atoms with Crippen molar-refractivity contribution in [1.29, 1.82) is 0 Å². The number of ether oxygens (including phenoxy) is 6. The maximum absolute atomic E-state index is 14.6. The van der Waals surface area contributed by atoms with Crippen LogP contribution in [-0.4, -0.2) is 151 Å². The van der Waals surface area contributed by atoms with E-state index in [1.807, 2.05) is 58.1 Å². The van der Waals surface area contributed by atoms with Gasteiger partial charge in [-0.15, -0.1) is 0 Å². The number of esters is 1. The Kier molecular flexibility index (Phi) is 24.4. The molecule has 1 aliphatic carbocycles. The average molecular weight is 1060 g/mol. The first-order valence-corrected chi connectivity index (χ1v) is 27.5. The van der Waals surface area contributed by atoms with Crippen molar-refractivity contribution in [3.05, 3.63) is 77.7 Å². The molecule has 2 saturated heterocycles. The van der Waals surface area contributed by atoms with Crippen molar-refractivity contribution in [1.82, 2.24) is 15.2 Å². The fourth-order valence-electron chi connectivity index (χ4n) is 11.3. The molecule has 2 bridgehead atoms. The Labute approximate surface area is 450 Å². The predicted octanol–water partition coefficient (Wildman–Crippen LogP) is 7.03. The second kappa shape index (κ2) is 29.8. The Hall–Kier alpha value is -4.75. The van der Waals surface area contributed by atoms with Crippen LogP contribution in [0.1, 0.15) is 136 Å². The summed E-state index contributed by atoms with van der Waals surface area (Å²) in [4.78, 5) is 89.2. The van der Waals surface area contributed by atoms with E-state index in [9.17, 15) is 39.0 Å². The number of allylic oxidation sites excluding steroid dienone is 6. The number of cyclic esters (lactones) is 1. The summed E-state index contributed by atoms with van der Waals surface area (Å²) in [5.74, 6) is -8.40. The number of rotatable bonds is 11. The normalized spacial score (nSPS) is 36.1. The third-order valence-electron chi connectivity index (χ3n) is 16.1. The van der Waals surface area contributed by atoms with Crippen molar-refractivity contribution >= 4 is 35.1 Å². The van der Waals surface area contributed by atoms with E-state index in [2.05, 4.69) is 10.3 Å². The first-order chi connectivity index (χ1) is 36.2. The molecule has 422 valence electrons. The zero-order valence-corrected chi connectivity index (χ0v) is 46.7. The number of piperidine rings is 1. The van der Waals surface area contributed by atoms with E-state index in [0.717, 1.165) is 12.0 Å². The zero-order valence-electron chi connectivity index (χ0n) is 46.7. The van der Waals surface area contributed by atoms with Gasteiger partial charge in [0, 0.05) is 77.4 Å². The van der Waals surface area contributed by atoms with E-state index < -0.39 is 77.8 Å². The molecular weight excluding hydrogens is 975 g/mol. The lowest BCUT2D eigenvalue weighted by Crippen LogP contribution is -2.61. The number of methoxy groups -OCH3 is 3. The molecule has 4 heterocycles. The second-order valence-electron chi connectivity index (χ2n) is 21.9. The standard InChI is InChI=1S/C59H87N3O14/c1-36-17-12-11-13-18-37(2)49(71-8)33-45-23-21-42(7)59(70,76-45)55(66)57(68)62-27-15-14-20-46(62)58(69)75-50(34-47(63)38(3)30-41(6)53(65)54(73-10)52(64)40(5)29-36)39(4)31-43-22-24-48(51(32-43)72-9)74-28-26-61-56(67)44-19-16-25-60-35-44/h11-13,16-19,25,30,35-36,38-40,42-43,45-46,48-51,53-54,65,70H,14-15,20-24,26-29,31-34H2,1-10H3,(H,61,67)/b13-11+,17-12+,37-18+,41-30+/t36-,38-,39-,40-,42-,43+,45?,46?,48-,49+,50+,51-,53-,54+,59-/m1/s1. The van der Waals surface area contributed by atoms with Crippen LogP contribution < -0.4 is 5.32 Å². The third kappa shape index (κ3) is 16.9. The van der Waals surface area contributed by atoms with Gasteiger partial charge < -0.3 is 48.9 Å². The number of carbonyl (C=O) groups is 6. The number of nitrogens with one attached hydrogen (secondary N) is 1. The molecule has 15 atom stereocenters. The van der Waals surface area contributed by atoms with Crippen molar-refractivity contribution in [2.24, 2.45) is 35.5 Å². The lowest BCUT2D eigenvalue weighted by molar-refractivity contribution is -0.265. The van der Waals surface area contributed by atoms with Gasteiger partial charge >= 0.3 is 5.97 Å². The minimum Gasteiger partial charge on any atom is -0.460 e. The van der Waals surface area contributed by atoms with E-state index in [-0.39, 0.29) is 73.4 Å². The lowest BCUT2D eigenvalue weighted by Gasteiger charge is -2.42. The van der Waals surface area contributed by atoms with Gasteiger partial charge in [0.25, 0.3) is 17.6 Å². The Balaban J connectivity index is 1.40. The molecular formula is C59H87N3O14. The summed E-state index contributed by atoms with van der Waals surface area (Å²) < 4.78 is 36.2. The molecule has 3 fully saturated rings. The lowest BCUT2D eigenvalue weighted by atomic mass is 9.78. The van der Waals surface area contributed by atoms with Gasteiger partial charge in [-0.05, 0) is 119 Å². The number of aromatic nitrogens is 1. The number of aliphatic hydroxyl groups is 2. The highest BCUT2D eigenvalue weighted by Crippen LogP contribution is 2.38. The molecule has 76 heavy (non-hydrogen) atoms. The van der Waals surface area contributed by atoms with Crippen molar-refractivity contribution in [3.63, 3.8) is 0 Å². The SMILES string of the molecule is CO[C@H]1CC2CC[C@@H](C)[C@@](O)(O2)C(=O)C(=O)N2CCCCC2C(=O)O[C@H]([C@H](C)C[C@@H]2CC[C@@H](OCCNC(=O)c3cccnc3)[C@H](OC)C2)CC(=O)[C@H](C)/C=C(\C)[C@@H](O)[C@@H](OC)C(=O)[C@H](C)C[C@H](C)/C=C/C=C/C=C/1C. The molecule has 1 aromatic rings. The first-order valence-electron chi connectivity index (χ1n) is 27.5. The number of hydrogen-bond acceptors (Lipinski definition) is 15. The molecule has 3 N–H and O–H groups in total. The molecule has 1 aromatic heterocycles. The van der Waals surface area contributed by atoms with Crippen LogP contribution in [-0.2, 0) is 52.4 Å². The summed E-state index contributed by atoms with van der Waals surface area (Å²) >= 11 is 0. The van der Waals surface area contributed by atoms with Gasteiger partial charge in [-0.25, -0.2) is 4.79 Å². The maximum Gasteiger partial charge on any atom is 0.329 e. The van der Waals surface area contributed by atoms with Gasteiger partial charge in [-0.2, -0.15) is 0 Å². The summed E-state index contributed by atoms with van der Waals surface area (Å²) in [6.45, 7) is 13.3. The van der Waals surface area contributed by atoms with Crippen molar-refractivity contribution in [2.45, 2.75) is 180 Å². The quantitative estimate of drug-likeness (QED) is 0.0875. The number of aliphatic hydroxyl groups excluding tert-OH is 1. The average Bonchev–Trinajstić information content (AvgIpc) is 3.43. The highest BCUT2D eigenvalue weighted by Gasteiger charge is 2.53. The van der Waals surface area contributed by atoms with Crippen LogP contribution in [0.5, 0.6) is 0 Å². The topological polar surface area (TPSA) is 226 Å². The summed E-state index contributed by atoms with van der Waals surface area (Å²) in [5.41, 5.74) is 1.70. The number of carbonyl (C=O) groups excluding carboxylic acids is 6. The molecule has 5 rings (SSSR count). The Morgan fingerprint density at radius 1 is 0.908 bits per heavy atom. The Bertz CT molecular complexity index is 2230. The molecule has 17 nitrogen and oxygen atoms in total. The molecule has 2 amide bonds. The largest absolute Gasteiger partial charge is 0.460 e. The van der Waals surface area contributed by atoms with E-state index in [4.69, 9.17) is 28.4 Å². The minimum absolute atomic E-state index is 0.00548. The van der Waals surface area contributed by atoms with E-state index in [1.165, 1.54) is 18.2 Å². The van der Waals surface area contributed by atoms with Gasteiger partial charge in [0.05, 0.1) is 36.6 Å². The van der Waals surface area contributed by atoms with Crippen LogP contribution in [0, 0.1) is 35.5 Å². The summed E-state index contributed by atoms with van der Waals surface area (Å²) in [6, 6.07) is 2.22. The van der Waals surface area contributed by atoms with Crippen LogP contribution >= 0.6 is 0 Å². The van der Waals surface area contributed by atoms with E-state index in [1.54, 1.807) is 59.4 Å². The fraction of sp³-hybridized carbons (Fsp3) is 0.678. The first kappa shape index (κ1) is 62.1. The fourth-order valence-corrected chi connectivity index (χ4v) is 11.3. The van der Waals surface area contributed by atoms with Crippen LogP contribution in [0.3, 0.4) is 0 Å². The van der Waals surface area contributed by atoms with Crippen LogP contribution in [0.2, 0.25) is 0 Å². The van der Waals surface area contributed by atoms with Crippen molar-refractivity contribution in [2.75, 3.05) is 41.0 Å². The Morgan fingerprint density at radius 3 is 2.37 bits per heavy atom. The van der Waals surface area contributed by atoms with E-state index >= 15 is 0 Å². The number of fused-ring (bicyclic) bond motifs is 3. The molecule has 2 unspecified atom stereocenters. The molecule has 3 aliphatic heterocycles. The third-order valence-corrected chi connectivity index (χ3v) is 16.1. The second-order valence-corrected chi connectivity index (χ2v) is 21.9. The molecule has 0 aromatic carbocycles. The number of ketones is 3. The van der Waals surface area contributed by atoms with Gasteiger partial charge in [0.1, 0.15) is 30.1 Å². The molecule has 0 radical (unpaired) electrons. The summed E-state index contributed by atoms with van der Waals surface area (Å²) in [5, 5.41) is 26.4. The number of pyridine rings is 1. The highest BCUT2D eigenvalue weighted by molar-refractivity contribution is 6.39. The molecule has 17 heteroatoms. The summed E-state index contributed by atoms with van der Waals surface area (Å²) in [6.07, 6.45) is 14.7. The van der Waals surface area contributed by atoms with Crippen LogP contribution in [0.4, 0.5) is 0 Å². The predicted molar refractivity (Wildman–Crippen MR) is 285 cm³/mol. The van der Waals surface area contributed by atoms with E-state index in [0.29, 0.717) is 75.5 Å². The van der Waals surface area contributed by atoms with Gasteiger partial charge in [0.15, 0.2) is 5.78 Å². The van der Waals surface area contributed by atoms with Gasteiger partial charge in [0.2, 0.25) is 5.79 Å². The van der Waals surface area contributed by atoms with Crippen LogP contribution in [0.15, 0.2) is 72.1 Å². The summed E-state index contributed by atoms with van der Waals surface area (Å²) in [7, 11) is 4.59. The van der Waals surface area contributed by atoms with Crippen molar-refractivity contribution in [3.8, 4) is 0 Å².